The normalized spacial score (nSPS) is 26.9. The molecular formula is C19H30N2. The van der Waals surface area contributed by atoms with E-state index < -0.39 is 0 Å². The van der Waals surface area contributed by atoms with Gasteiger partial charge in [0.05, 0.1) is 0 Å². The third-order valence-electron chi connectivity index (χ3n) is 5.39. The molecule has 1 aliphatic heterocycles. The van der Waals surface area contributed by atoms with Crippen molar-refractivity contribution in [3.63, 3.8) is 0 Å². The number of hydrogen-bond donors (Lipinski definition) is 1. The molecule has 0 bridgehead atoms. The number of hydrogen-bond acceptors (Lipinski definition) is 2. The Morgan fingerprint density at radius 2 is 1.86 bits per heavy atom. The standard InChI is InChI=1S/C19H30N2/c1-15-11-12-18-16(14-15)8-7-13-21(18)19-10-6-4-3-5-9-17(19)20-2/h11-12,14,17,19-20H,3-10,13H2,1-2H3. The van der Waals surface area contributed by atoms with Gasteiger partial charge in [-0.25, -0.2) is 0 Å². The fourth-order valence-corrected chi connectivity index (χ4v) is 4.27. The van der Waals surface area contributed by atoms with Crippen LogP contribution in [0.5, 0.6) is 0 Å². The number of rotatable bonds is 2. The molecule has 1 N–H and O–H groups in total. The smallest absolute Gasteiger partial charge is 0.0443 e. The summed E-state index contributed by atoms with van der Waals surface area (Å²) in [6.45, 7) is 3.45. The molecule has 3 rings (SSSR count). The Morgan fingerprint density at radius 1 is 1.05 bits per heavy atom. The fraction of sp³-hybridized carbons (Fsp3) is 0.684. The van der Waals surface area contributed by atoms with Crippen molar-refractivity contribution in [2.24, 2.45) is 0 Å². The van der Waals surface area contributed by atoms with Crippen molar-refractivity contribution >= 4 is 5.69 Å². The molecule has 116 valence electrons. The summed E-state index contributed by atoms with van der Waals surface area (Å²) in [5, 5.41) is 3.62. The molecule has 0 amide bonds. The molecule has 2 aliphatic rings. The van der Waals surface area contributed by atoms with Crippen molar-refractivity contribution in [2.75, 3.05) is 18.5 Å². The van der Waals surface area contributed by atoms with Crippen LogP contribution in [0.1, 0.15) is 56.1 Å². The number of nitrogens with one attached hydrogen (secondary N) is 1. The lowest BCUT2D eigenvalue weighted by atomic mass is 9.88. The Morgan fingerprint density at radius 3 is 2.67 bits per heavy atom. The quantitative estimate of drug-likeness (QED) is 0.882. The predicted molar refractivity (Wildman–Crippen MR) is 91.2 cm³/mol. The summed E-state index contributed by atoms with van der Waals surface area (Å²) >= 11 is 0. The molecule has 1 aromatic rings. The Labute approximate surface area is 129 Å². The minimum absolute atomic E-state index is 0.651. The average molecular weight is 286 g/mol. The van der Waals surface area contributed by atoms with E-state index in [2.05, 4.69) is 42.4 Å². The molecule has 2 unspecified atom stereocenters. The van der Waals surface area contributed by atoms with Crippen molar-refractivity contribution < 1.29 is 0 Å². The zero-order valence-electron chi connectivity index (χ0n) is 13.7. The number of fused-ring (bicyclic) bond motifs is 1. The van der Waals surface area contributed by atoms with Gasteiger partial charge in [-0.1, -0.05) is 43.4 Å². The van der Waals surface area contributed by atoms with Gasteiger partial charge in [-0.3, -0.25) is 0 Å². The number of likely N-dealkylation sites (N-methyl/N-ethyl adjacent to an activating group) is 1. The van der Waals surface area contributed by atoms with E-state index in [0.717, 1.165) is 0 Å². The summed E-state index contributed by atoms with van der Waals surface area (Å²) in [5.41, 5.74) is 4.48. The average Bonchev–Trinajstić information content (AvgIpc) is 2.47. The molecule has 2 nitrogen and oxygen atoms in total. The van der Waals surface area contributed by atoms with Gasteiger partial charge in [0.25, 0.3) is 0 Å². The van der Waals surface area contributed by atoms with Crippen LogP contribution >= 0.6 is 0 Å². The van der Waals surface area contributed by atoms with Gasteiger partial charge in [0.15, 0.2) is 0 Å². The van der Waals surface area contributed by atoms with E-state index in [1.54, 1.807) is 5.56 Å². The summed E-state index contributed by atoms with van der Waals surface area (Å²) in [6, 6.07) is 8.39. The fourth-order valence-electron chi connectivity index (χ4n) is 4.27. The third kappa shape index (κ3) is 3.26. The Kier molecular flexibility index (Phi) is 4.84. The van der Waals surface area contributed by atoms with Crippen molar-refractivity contribution in [3.05, 3.63) is 29.3 Å². The highest BCUT2D eigenvalue weighted by molar-refractivity contribution is 5.57. The Hall–Kier alpha value is -1.02. The third-order valence-corrected chi connectivity index (χ3v) is 5.39. The Bertz CT molecular complexity index is 469. The van der Waals surface area contributed by atoms with E-state index in [4.69, 9.17) is 0 Å². The monoisotopic (exact) mass is 286 g/mol. The van der Waals surface area contributed by atoms with E-state index >= 15 is 0 Å². The van der Waals surface area contributed by atoms with Crippen molar-refractivity contribution in [1.82, 2.24) is 5.32 Å². The maximum atomic E-state index is 3.62. The first-order valence-corrected chi connectivity index (χ1v) is 8.83. The molecule has 1 aliphatic carbocycles. The van der Waals surface area contributed by atoms with E-state index in [1.807, 2.05) is 0 Å². The summed E-state index contributed by atoms with van der Waals surface area (Å²) in [7, 11) is 2.15. The summed E-state index contributed by atoms with van der Waals surface area (Å²) in [6.07, 6.45) is 10.9. The second-order valence-corrected chi connectivity index (χ2v) is 6.88. The summed E-state index contributed by atoms with van der Waals surface area (Å²) < 4.78 is 0. The van der Waals surface area contributed by atoms with Gasteiger partial charge in [-0.05, 0) is 51.3 Å². The summed E-state index contributed by atoms with van der Waals surface area (Å²) in [5.74, 6) is 0. The zero-order chi connectivity index (χ0) is 14.7. The van der Waals surface area contributed by atoms with E-state index in [0.29, 0.717) is 12.1 Å². The molecule has 1 aromatic carbocycles. The van der Waals surface area contributed by atoms with E-state index in [-0.39, 0.29) is 0 Å². The maximum absolute atomic E-state index is 3.62. The molecule has 2 heteroatoms. The highest BCUT2D eigenvalue weighted by Crippen LogP contribution is 2.33. The molecule has 2 atom stereocenters. The maximum Gasteiger partial charge on any atom is 0.0443 e. The van der Waals surface area contributed by atoms with Crippen LogP contribution < -0.4 is 10.2 Å². The van der Waals surface area contributed by atoms with Gasteiger partial charge in [0, 0.05) is 24.3 Å². The van der Waals surface area contributed by atoms with Gasteiger partial charge in [-0.2, -0.15) is 0 Å². The number of benzene rings is 1. The van der Waals surface area contributed by atoms with Crippen LogP contribution in [0, 0.1) is 6.92 Å². The molecular weight excluding hydrogens is 256 g/mol. The topological polar surface area (TPSA) is 15.3 Å². The van der Waals surface area contributed by atoms with Crippen molar-refractivity contribution in [1.29, 1.82) is 0 Å². The lowest BCUT2D eigenvalue weighted by Gasteiger charge is -2.43. The minimum atomic E-state index is 0.651. The van der Waals surface area contributed by atoms with Crippen LogP contribution in [0.3, 0.4) is 0 Å². The minimum Gasteiger partial charge on any atom is -0.367 e. The number of aryl methyl sites for hydroxylation is 2. The first kappa shape index (κ1) is 14.9. The first-order valence-electron chi connectivity index (χ1n) is 8.83. The SMILES string of the molecule is CNC1CCCCCCC1N1CCCc2cc(C)ccc21. The molecule has 0 aromatic heterocycles. The zero-order valence-corrected chi connectivity index (χ0v) is 13.7. The number of nitrogens with zero attached hydrogens (tertiary/aromatic N) is 1. The Balaban J connectivity index is 1.87. The van der Waals surface area contributed by atoms with Crippen LogP contribution in [0.15, 0.2) is 18.2 Å². The van der Waals surface area contributed by atoms with Gasteiger partial charge >= 0.3 is 0 Å². The molecule has 0 radical (unpaired) electrons. The first-order chi connectivity index (χ1) is 10.3. The van der Waals surface area contributed by atoms with Gasteiger partial charge in [0.1, 0.15) is 0 Å². The highest BCUT2D eigenvalue weighted by atomic mass is 15.2. The van der Waals surface area contributed by atoms with Crippen LogP contribution in [0.4, 0.5) is 5.69 Å². The molecule has 1 saturated carbocycles. The highest BCUT2D eigenvalue weighted by Gasteiger charge is 2.30. The molecule has 21 heavy (non-hydrogen) atoms. The molecule has 0 spiro atoms. The largest absolute Gasteiger partial charge is 0.367 e. The van der Waals surface area contributed by atoms with Crippen LogP contribution in [-0.2, 0) is 6.42 Å². The van der Waals surface area contributed by atoms with Gasteiger partial charge < -0.3 is 10.2 Å². The van der Waals surface area contributed by atoms with Crippen molar-refractivity contribution in [2.45, 2.75) is 70.4 Å². The predicted octanol–water partition coefficient (Wildman–Crippen LogP) is 4.06. The van der Waals surface area contributed by atoms with Crippen molar-refractivity contribution in [3.8, 4) is 0 Å². The number of anilines is 1. The van der Waals surface area contributed by atoms with Crippen LogP contribution in [0.25, 0.3) is 0 Å². The van der Waals surface area contributed by atoms with Gasteiger partial charge in [0.2, 0.25) is 0 Å². The van der Waals surface area contributed by atoms with Crippen LogP contribution in [0.2, 0.25) is 0 Å². The lowest BCUT2D eigenvalue weighted by molar-refractivity contribution is 0.343. The molecule has 0 saturated heterocycles. The summed E-state index contributed by atoms with van der Waals surface area (Å²) in [4.78, 5) is 2.73. The second-order valence-electron chi connectivity index (χ2n) is 6.88. The van der Waals surface area contributed by atoms with E-state index in [9.17, 15) is 0 Å². The molecule has 1 fully saturated rings. The van der Waals surface area contributed by atoms with Gasteiger partial charge in [-0.15, -0.1) is 0 Å². The molecule has 1 heterocycles. The lowest BCUT2D eigenvalue weighted by Crippen LogP contribution is -2.51. The van der Waals surface area contributed by atoms with Crippen LogP contribution in [-0.4, -0.2) is 25.7 Å². The van der Waals surface area contributed by atoms with E-state index in [1.165, 1.54) is 69.2 Å². The second kappa shape index (κ2) is 6.83.